The normalized spacial score (nSPS) is 28.5. The zero-order valence-electron chi connectivity index (χ0n) is 44.1. The van der Waals surface area contributed by atoms with Gasteiger partial charge in [-0.15, -0.1) is 0 Å². The van der Waals surface area contributed by atoms with Gasteiger partial charge in [0.1, 0.15) is 0 Å². The van der Waals surface area contributed by atoms with E-state index in [1.54, 1.807) is 0 Å². The Kier molecular flexibility index (Phi) is 17.0. The van der Waals surface area contributed by atoms with Crippen LogP contribution in [0.5, 0.6) is 0 Å². The van der Waals surface area contributed by atoms with Crippen molar-refractivity contribution < 1.29 is 39.6 Å². The second kappa shape index (κ2) is 19.4. The minimum atomic E-state index is -1.62. The first kappa shape index (κ1) is 56.0. The highest BCUT2D eigenvalue weighted by Crippen LogP contribution is 2.60. The van der Waals surface area contributed by atoms with Crippen LogP contribution in [0.4, 0.5) is 0 Å². The smallest absolute Gasteiger partial charge is 0.340 e. The molecule has 2 atom stereocenters. The highest BCUT2D eigenvalue weighted by molar-refractivity contribution is 5.85. The molecule has 0 aromatic carbocycles. The molecule has 64 heavy (non-hydrogen) atoms. The van der Waals surface area contributed by atoms with Crippen molar-refractivity contribution in [1.82, 2.24) is 19.6 Å². The van der Waals surface area contributed by atoms with Crippen LogP contribution in [0.15, 0.2) is 0 Å². The fourth-order valence-electron chi connectivity index (χ4n) is 14.8. The zero-order chi connectivity index (χ0) is 49.5. The van der Waals surface area contributed by atoms with E-state index in [0.717, 1.165) is 89.9 Å². The standard InChI is InChI=1S/C30H56N2O4.C22H40N2O4/c1-26(2)20-17-22(28(5,6)31(26)9)30(25(35)36,19-15-13-11-12-14-16-24(33)34)23-18-21-27(3,4)32(10)29(23,7)8;1-18(2)11-9-12-19(3,4)23(18)22(17(27)28,15-16(25)26)24-20(5,6)13-10-14-21(24,7)8/h22-23H,11-21H2,1-10H3,(H,33,34)(H,35,36);9-15H2,1-8H3,(H,25,26)(H,27,28). The summed E-state index contributed by atoms with van der Waals surface area (Å²) in [6, 6.07) is 0. The monoisotopic (exact) mass is 905 g/mol. The summed E-state index contributed by atoms with van der Waals surface area (Å²) in [7, 11) is 4.37. The Morgan fingerprint density at radius 1 is 0.469 bits per heavy atom. The van der Waals surface area contributed by atoms with E-state index in [4.69, 9.17) is 5.11 Å². The lowest BCUT2D eigenvalue weighted by molar-refractivity contribution is -0.246. The van der Waals surface area contributed by atoms with Gasteiger partial charge < -0.3 is 20.4 Å². The zero-order valence-corrected chi connectivity index (χ0v) is 44.1. The molecule has 0 amide bonds. The first-order valence-corrected chi connectivity index (χ1v) is 24.8. The number of piperidine rings is 4. The minimum Gasteiger partial charge on any atom is -0.481 e. The van der Waals surface area contributed by atoms with Gasteiger partial charge in [0.15, 0.2) is 5.66 Å². The number of rotatable bonds is 16. The second-order valence-corrected chi connectivity index (χ2v) is 25.6. The predicted molar refractivity (Wildman–Crippen MR) is 258 cm³/mol. The Balaban J connectivity index is 0.000000351. The summed E-state index contributed by atoms with van der Waals surface area (Å²) >= 11 is 0. The van der Waals surface area contributed by atoms with E-state index in [0.29, 0.717) is 12.8 Å². The van der Waals surface area contributed by atoms with Gasteiger partial charge in [0.25, 0.3) is 0 Å². The SMILES string of the molecule is CC1(C)CCCC(C)(C)N1C(CC(=O)O)(C(=O)O)N1C(C)(C)CCCC1(C)C.CN1C(C)(C)CCC(C(CCCCCCCC(=O)O)(C(=O)O)C2CCC(C)(C)N(C)C2(C)C)C1(C)C. The Morgan fingerprint density at radius 2 is 0.812 bits per heavy atom. The van der Waals surface area contributed by atoms with Crippen molar-refractivity contribution in [3.8, 4) is 0 Å². The number of hydrogen-bond acceptors (Lipinski definition) is 8. The highest BCUT2D eigenvalue weighted by atomic mass is 16.4. The van der Waals surface area contributed by atoms with E-state index in [1.807, 2.05) is 9.80 Å². The van der Waals surface area contributed by atoms with Crippen LogP contribution in [0.3, 0.4) is 0 Å². The predicted octanol–water partition coefficient (Wildman–Crippen LogP) is 11.0. The van der Waals surface area contributed by atoms with E-state index in [1.165, 1.54) is 0 Å². The van der Waals surface area contributed by atoms with Crippen LogP contribution in [-0.2, 0) is 19.2 Å². The molecule has 4 saturated heterocycles. The number of carboxylic acids is 4. The number of carbonyl (C=O) groups is 4. The van der Waals surface area contributed by atoms with E-state index in [2.05, 4.69) is 135 Å². The van der Waals surface area contributed by atoms with Gasteiger partial charge in [-0.25, -0.2) is 4.79 Å². The highest BCUT2D eigenvalue weighted by Gasteiger charge is 2.67. The van der Waals surface area contributed by atoms with Gasteiger partial charge in [0.05, 0.1) is 11.8 Å². The number of unbranched alkanes of at least 4 members (excludes halogenated alkanes) is 4. The molecule has 0 spiro atoms. The van der Waals surface area contributed by atoms with Crippen LogP contribution in [0.1, 0.15) is 226 Å². The molecule has 372 valence electrons. The molecule has 0 aliphatic carbocycles. The number of likely N-dealkylation sites (tertiary alicyclic amines) is 4. The lowest BCUT2D eigenvalue weighted by Crippen LogP contribution is -2.82. The van der Waals surface area contributed by atoms with Crippen molar-refractivity contribution in [2.75, 3.05) is 14.1 Å². The maximum Gasteiger partial charge on any atom is 0.340 e. The molecule has 2 unspecified atom stereocenters. The largest absolute Gasteiger partial charge is 0.481 e. The van der Waals surface area contributed by atoms with Crippen LogP contribution in [0.2, 0.25) is 0 Å². The van der Waals surface area contributed by atoms with Gasteiger partial charge in [0, 0.05) is 50.7 Å². The fourth-order valence-corrected chi connectivity index (χ4v) is 14.8. The fraction of sp³-hybridized carbons (Fsp3) is 0.923. The minimum absolute atomic E-state index is 0.0370. The molecular formula is C52H96N4O8. The number of aliphatic carboxylic acids is 4. The lowest BCUT2D eigenvalue weighted by Gasteiger charge is -2.68. The molecule has 4 N–H and O–H groups in total. The summed E-state index contributed by atoms with van der Waals surface area (Å²) in [4.78, 5) is 58.8. The number of nitrogens with zero attached hydrogens (tertiary/aromatic N) is 4. The van der Waals surface area contributed by atoms with E-state index in [9.17, 15) is 34.5 Å². The lowest BCUT2D eigenvalue weighted by atomic mass is 9.49. The maximum atomic E-state index is 13.7. The molecule has 0 saturated carbocycles. The van der Waals surface area contributed by atoms with Gasteiger partial charge in [-0.2, -0.15) is 0 Å². The van der Waals surface area contributed by atoms with Crippen LogP contribution in [-0.4, -0.2) is 128 Å². The number of carboxylic acid groups (broad SMARTS) is 4. The van der Waals surface area contributed by atoms with Gasteiger partial charge in [-0.05, 0) is 214 Å². The molecule has 12 nitrogen and oxygen atoms in total. The van der Waals surface area contributed by atoms with Crippen molar-refractivity contribution >= 4 is 23.9 Å². The van der Waals surface area contributed by atoms with Crippen LogP contribution < -0.4 is 0 Å². The summed E-state index contributed by atoms with van der Waals surface area (Å²) < 4.78 is 0. The molecule has 4 aliphatic heterocycles. The average Bonchev–Trinajstić information content (AvgIpc) is 3.10. The third-order valence-corrected chi connectivity index (χ3v) is 18.0. The third-order valence-electron chi connectivity index (χ3n) is 18.0. The van der Waals surface area contributed by atoms with Gasteiger partial charge in [-0.1, -0.05) is 25.7 Å². The molecule has 12 heteroatoms. The number of hydrogen-bond donors (Lipinski definition) is 4. The first-order valence-electron chi connectivity index (χ1n) is 24.8. The summed E-state index contributed by atoms with van der Waals surface area (Å²) in [6.45, 7) is 34.7. The van der Waals surface area contributed by atoms with Crippen LogP contribution >= 0.6 is 0 Å². The molecular weight excluding hydrogens is 809 g/mol. The molecule has 0 aromatic heterocycles. The first-order chi connectivity index (χ1) is 28.9. The second-order valence-electron chi connectivity index (χ2n) is 25.6. The quantitative estimate of drug-likeness (QED) is 0.109. The molecule has 4 heterocycles. The molecule has 4 aliphatic rings. The summed E-state index contributed by atoms with van der Waals surface area (Å²) in [6.07, 6.45) is 14.1. The van der Waals surface area contributed by atoms with Crippen molar-refractivity contribution in [2.45, 2.75) is 276 Å². The van der Waals surface area contributed by atoms with Crippen LogP contribution in [0.25, 0.3) is 0 Å². The van der Waals surface area contributed by atoms with E-state index in [-0.39, 0.29) is 40.4 Å². The average molecular weight is 905 g/mol. The van der Waals surface area contributed by atoms with Crippen molar-refractivity contribution in [1.29, 1.82) is 0 Å². The Bertz CT molecular complexity index is 1550. The summed E-state index contributed by atoms with van der Waals surface area (Å²) in [5, 5.41) is 40.8. The molecule has 0 radical (unpaired) electrons. The van der Waals surface area contributed by atoms with Gasteiger partial charge in [-0.3, -0.25) is 34.0 Å². The summed E-state index contributed by atoms with van der Waals surface area (Å²) in [5.41, 5.74) is -4.58. The molecule has 4 fully saturated rings. The van der Waals surface area contributed by atoms with Gasteiger partial charge in [0.2, 0.25) is 0 Å². The maximum absolute atomic E-state index is 13.7. The van der Waals surface area contributed by atoms with Crippen molar-refractivity contribution in [2.24, 2.45) is 17.3 Å². The van der Waals surface area contributed by atoms with E-state index < -0.39 is 63.5 Å². The summed E-state index contributed by atoms with van der Waals surface area (Å²) in [5.74, 6) is -3.39. The van der Waals surface area contributed by atoms with E-state index >= 15 is 0 Å². The van der Waals surface area contributed by atoms with Gasteiger partial charge >= 0.3 is 23.9 Å². The molecule has 0 bridgehead atoms. The topological polar surface area (TPSA) is 162 Å². The molecule has 4 rings (SSSR count). The Morgan fingerprint density at radius 3 is 1.12 bits per heavy atom. The Hall–Kier alpha value is -2.28. The Labute approximate surface area is 389 Å². The van der Waals surface area contributed by atoms with Crippen LogP contribution in [0, 0.1) is 17.3 Å². The van der Waals surface area contributed by atoms with Crippen molar-refractivity contribution in [3.05, 3.63) is 0 Å². The third kappa shape index (κ3) is 10.9. The molecule has 0 aromatic rings. The van der Waals surface area contributed by atoms with Crippen molar-refractivity contribution in [3.63, 3.8) is 0 Å².